The van der Waals surface area contributed by atoms with Crippen molar-refractivity contribution in [2.45, 2.75) is 57.9 Å². The Hall–Kier alpha value is -0.0900. The van der Waals surface area contributed by atoms with E-state index in [2.05, 4.69) is 12.2 Å². The fourth-order valence-electron chi connectivity index (χ4n) is 3.18. The predicted octanol–water partition coefficient (Wildman–Crippen LogP) is 2.62. The third-order valence-corrected chi connectivity index (χ3v) is 5.47. The predicted molar refractivity (Wildman–Crippen MR) is 77.5 cm³/mol. The van der Waals surface area contributed by atoms with Gasteiger partial charge in [-0.2, -0.15) is 0 Å². The molecule has 1 aliphatic carbocycles. The first-order chi connectivity index (χ1) is 8.46. The first kappa shape index (κ1) is 16.0. The third kappa shape index (κ3) is 5.70. The van der Waals surface area contributed by atoms with Crippen molar-refractivity contribution in [1.29, 1.82) is 0 Å². The lowest BCUT2D eigenvalue weighted by atomic mass is 9.77. The molecule has 108 valence electrons. The zero-order valence-corrected chi connectivity index (χ0v) is 12.9. The van der Waals surface area contributed by atoms with Gasteiger partial charge < -0.3 is 5.32 Å². The Labute approximate surface area is 113 Å². The molecule has 0 heterocycles. The van der Waals surface area contributed by atoms with Crippen molar-refractivity contribution in [3.05, 3.63) is 0 Å². The van der Waals surface area contributed by atoms with Gasteiger partial charge in [-0.15, -0.1) is 0 Å². The van der Waals surface area contributed by atoms with Gasteiger partial charge in [-0.1, -0.05) is 26.2 Å². The lowest BCUT2D eigenvalue weighted by Gasteiger charge is -2.33. The maximum absolute atomic E-state index is 11.1. The molecule has 1 aliphatic rings. The summed E-state index contributed by atoms with van der Waals surface area (Å²) < 4.78 is 22.3. The highest BCUT2D eigenvalue weighted by Gasteiger charge is 2.25. The summed E-state index contributed by atoms with van der Waals surface area (Å²) in [6.07, 6.45) is 9.74. The maximum Gasteiger partial charge on any atom is 0.147 e. The van der Waals surface area contributed by atoms with E-state index in [9.17, 15) is 8.42 Å². The standard InChI is InChI=1S/C14H29NO2S/c1-4-12-7-9-13(10-8-12)14(15-2)6-5-11-18(3,16)17/h12-15H,4-11H2,1-3H3. The summed E-state index contributed by atoms with van der Waals surface area (Å²) in [5.74, 6) is 2.00. The van der Waals surface area contributed by atoms with Crippen molar-refractivity contribution in [2.75, 3.05) is 19.1 Å². The average molecular weight is 275 g/mol. The third-order valence-electron chi connectivity index (χ3n) is 4.44. The molecule has 0 aromatic rings. The molecule has 0 saturated heterocycles. The molecule has 0 radical (unpaired) electrons. The van der Waals surface area contributed by atoms with Crippen LogP contribution >= 0.6 is 0 Å². The fraction of sp³-hybridized carbons (Fsp3) is 1.00. The van der Waals surface area contributed by atoms with Crippen LogP contribution in [0.25, 0.3) is 0 Å². The Morgan fingerprint density at radius 1 is 1.22 bits per heavy atom. The van der Waals surface area contributed by atoms with E-state index in [1.807, 2.05) is 7.05 Å². The van der Waals surface area contributed by atoms with Crippen molar-refractivity contribution >= 4 is 9.84 Å². The van der Waals surface area contributed by atoms with Crippen molar-refractivity contribution in [2.24, 2.45) is 11.8 Å². The van der Waals surface area contributed by atoms with E-state index in [0.717, 1.165) is 24.7 Å². The molecule has 0 aromatic carbocycles. The SMILES string of the molecule is CCC1CCC(C(CCCS(C)(=O)=O)NC)CC1. The van der Waals surface area contributed by atoms with Gasteiger partial charge in [-0.3, -0.25) is 0 Å². The minimum atomic E-state index is -2.80. The molecule has 0 aliphatic heterocycles. The highest BCUT2D eigenvalue weighted by atomic mass is 32.2. The summed E-state index contributed by atoms with van der Waals surface area (Å²) in [5.41, 5.74) is 0. The first-order valence-electron chi connectivity index (χ1n) is 7.31. The molecule has 3 nitrogen and oxygen atoms in total. The summed E-state index contributed by atoms with van der Waals surface area (Å²) in [4.78, 5) is 0. The van der Waals surface area contributed by atoms with E-state index in [4.69, 9.17) is 0 Å². The van der Waals surface area contributed by atoms with Crippen LogP contribution in [0.1, 0.15) is 51.9 Å². The molecule has 0 aromatic heterocycles. The van der Waals surface area contributed by atoms with Crippen molar-refractivity contribution < 1.29 is 8.42 Å². The van der Waals surface area contributed by atoms with Gasteiger partial charge in [0.1, 0.15) is 9.84 Å². The molecular formula is C14H29NO2S. The number of nitrogens with one attached hydrogen (secondary N) is 1. The molecule has 1 unspecified atom stereocenters. The van der Waals surface area contributed by atoms with Crippen LogP contribution in [0.2, 0.25) is 0 Å². The zero-order valence-electron chi connectivity index (χ0n) is 12.1. The van der Waals surface area contributed by atoms with Gasteiger partial charge in [0.25, 0.3) is 0 Å². The number of sulfone groups is 1. The normalized spacial score (nSPS) is 27.1. The summed E-state index contributed by atoms with van der Waals surface area (Å²) >= 11 is 0. The Balaban J connectivity index is 2.33. The second-order valence-electron chi connectivity index (χ2n) is 5.86. The van der Waals surface area contributed by atoms with Gasteiger partial charge in [0.2, 0.25) is 0 Å². The molecule has 0 bridgehead atoms. The van der Waals surface area contributed by atoms with E-state index in [1.54, 1.807) is 0 Å². The van der Waals surface area contributed by atoms with Crippen LogP contribution in [0, 0.1) is 11.8 Å². The second kappa shape index (κ2) is 7.49. The lowest BCUT2D eigenvalue weighted by Crippen LogP contribution is -2.36. The topological polar surface area (TPSA) is 46.2 Å². The van der Waals surface area contributed by atoms with Crippen LogP contribution in [0.5, 0.6) is 0 Å². The highest BCUT2D eigenvalue weighted by molar-refractivity contribution is 7.90. The number of rotatable bonds is 7. The fourth-order valence-corrected chi connectivity index (χ4v) is 3.87. The van der Waals surface area contributed by atoms with Crippen LogP contribution in [-0.2, 0) is 9.84 Å². The zero-order chi connectivity index (χ0) is 13.6. The Bertz CT molecular complexity index is 319. The van der Waals surface area contributed by atoms with E-state index < -0.39 is 9.84 Å². The Kier molecular flexibility index (Phi) is 6.64. The van der Waals surface area contributed by atoms with Crippen LogP contribution in [0.15, 0.2) is 0 Å². The molecule has 1 rings (SSSR count). The van der Waals surface area contributed by atoms with Gasteiger partial charge in [0.05, 0.1) is 0 Å². The minimum absolute atomic E-state index is 0.329. The van der Waals surface area contributed by atoms with Gasteiger partial charge in [0.15, 0.2) is 0 Å². The molecule has 1 atom stereocenters. The largest absolute Gasteiger partial charge is 0.317 e. The monoisotopic (exact) mass is 275 g/mol. The highest BCUT2D eigenvalue weighted by Crippen LogP contribution is 2.33. The van der Waals surface area contributed by atoms with Gasteiger partial charge >= 0.3 is 0 Å². The Morgan fingerprint density at radius 3 is 2.28 bits per heavy atom. The molecule has 1 saturated carbocycles. The van der Waals surface area contributed by atoms with E-state index in [0.29, 0.717) is 11.8 Å². The van der Waals surface area contributed by atoms with E-state index >= 15 is 0 Å². The average Bonchev–Trinajstić information content (AvgIpc) is 2.34. The van der Waals surface area contributed by atoms with E-state index in [1.165, 1.54) is 38.4 Å². The molecular weight excluding hydrogens is 246 g/mol. The quantitative estimate of drug-likeness (QED) is 0.777. The summed E-state index contributed by atoms with van der Waals surface area (Å²) in [6.45, 7) is 2.28. The number of hydrogen-bond donors (Lipinski definition) is 1. The minimum Gasteiger partial charge on any atom is -0.317 e. The molecule has 18 heavy (non-hydrogen) atoms. The van der Waals surface area contributed by atoms with Crippen molar-refractivity contribution in [1.82, 2.24) is 5.32 Å². The second-order valence-corrected chi connectivity index (χ2v) is 8.12. The van der Waals surface area contributed by atoms with Crippen LogP contribution in [0.4, 0.5) is 0 Å². The Morgan fingerprint density at radius 2 is 1.83 bits per heavy atom. The van der Waals surface area contributed by atoms with Crippen molar-refractivity contribution in [3.8, 4) is 0 Å². The van der Waals surface area contributed by atoms with Crippen LogP contribution < -0.4 is 5.32 Å². The molecule has 0 amide bonds. The van der Waals surface area contributed by atoms with E-state index in [-0.39, 0.29) is 0 Å². The summed E-state index contributed by atoms with van der Waals surface area (Å²) in [6, 6.07) is 0.504. The van der Waals surface area contributed by atoms with Crippen molar-refractivity contribution in [3.63, 3.8) is 0 Å². The molecule has 0 spiro atoms. The molecule has 4 heteroatoms. The number of hydrogen-bond acceptors (Lipinski definition) is 3. The van der Waals surface area contributed by atoms with Gasteiger partial charge in [-0.05, 0) is 44.6 Å². The first-order valence-corrected chi connectivity index (χ1v) is 9.37. The van der Waals surface area contributed by atoms with Crippen LogP contribution in [0.3, 0.4) is 0 Å². The van der Waals surface area contributed by atoms with Gasteiger partial charge in [-0.25, -0.2) is 8.42 Å². The van der Waals surface area contributed by atoms with Crippen LogP contribution in [-0.4, -0.2) is 33.5 Å². The summed E-state index contributed by atoms with van der Waals surface area (Å²) in [5, 5.41) is 3.40. The summed E-state index contributed by atoms with van der Waals surface area (Å²) in [7, 11) is -0.788. The van der Waals surface area contributed by atoms with Gasteiger partial charge in [0, 0.05) is 18.1 Å². The maximum atomic E-state index is 11.1. The lowest BCUT2D eigenvalue weighted by molar-refractivity contribution is 0.216. The molecule has 1 N–H and O–H groups in total. The molecule has 1 fully saturated rings. The smallest absolute Gasteiger partial charge is 0.147 e.